The number of carboxylic acid groups (broad SMARTS) is 1. The molecule has 0 saturated carbocycles. The predicted octanol–water partition coefficient (Wildman–Crippen LogP) is -0.650. The molecule has 0 aliphatic rings. The van der Waals surface area contributed by atoms with E-state index in [1.807, 2.05) is 14.1 Å². The maximum atomic E-state index is 9.52. The van der Waals surface area contributed by atoms with Crippen LogP contribution in [0.3, 0.4) is 0 Å². The van der Waals surface area contributed by atoms with Crippen molar-refractivity contribution >= 4 is 5.97 Å². The fourth-order valence-corrected chi connectivity index (χ4v) is 0.510. The molecule has 0 rings (SSSR count). The molecular formula is C8H20N2O3. The van der Waals surface area contributed by atoms with Crippen molar-refractivity contribution in [3.63, 3.8) is 0 Å². The van der Waals surface area contributed by atoms with Crippen molar-refractivity contribution in [2.45, 2.75) is 12.8 Å². The molecule has 0 amide bonds. The average molecular weight is 192 g/mol. The van der Waals surface area contributed by atoms with Crippen LogP contribution in [0, 0.1) is 0 Å². The molecule has 5 heteroatoms. The topological polar surface area (TPSA) is 86.8 Å². The van der Waals surface area contributed by atoms with Gasteiger partial charge in [0.05, 0.1) is 6.42 Å². The summed E-state index contributed by atoms with van der Waals surface area (Å²) >= 11 is 0. The van der Waals surface area contributed by atoms with Crippen molar-refractivity contribution in [3.05, 3.63) is 0 Å². The second-order valence-electron chi connectivity index (χ2n) is 2.81. The summed E-state index contributed by atoms with van der Waals surface area (Å²) in [6.45, 7) is 1.52. The summed E-state index contributed by atoms with van der Waals surface area (Å²) in [4.78, 5) is 11.6. The number of nitrogens with two attached hydrogens (primary N) is 1. The number of hydrogen-bond acceptors (Lipinski definition) is 4. The number of aliphatic hydroxyl groups is 1. The quantitative estimate of drug-likeness (QED) is 0.539. The summed E-state index contributed by atoms with van der Waals surface area (Å²) in [6.07, 6.45) is 0.951. The normalized spacial score (nSPS) is 9.31. The summed E-state index contributed by atoms with van der Waals surface area (Å²) in [6, 6.07) is 0. The molecule has 0 spiro atoms. The Labute approximate surface area is 79.1 Å². The Morgan fingerprint density at radius 2 is 2.00 bits per heavy atom. The molecule has 4 N–H and O–H groups in total. The van der Waals surface area contributed by atoms with E-state index in [1.165, 1.54) is 0 Å². The van der Waals surface area contributed by atoms with Crippen LogP contribution >= 0.6 is 0 Å². The molecule has 0 bridgehead atoms. The first-order valence-electron chi connectivity index (χ1n) is 4.22. The fourth-order valence-electron chi connectivity index (χ4n) is 0.510. The Morgan fingerprint density at radius 1 is 1.46 bits per heavy atom. The number of carbonyl (C=O) groups is 1. The predicted molar refractivity (Wildman–Crippen MR) is 51.6 cm³/mol. The van der Waals surface area contributed by atoms with Crippen LogP contribution in [0.5, 0.6) is 0 Å². The van der Waals surface area contributed by atoms with E-state index in [9.17, 15) is 4.79 Å². The van der Waals surface area contributed by atoms with E-state index < -0.39 is 5.97 Å². The monoisotopic (exact) mass is 192 g/mol. The zero-order chi connectivity index (χ0) is 10.7. The maximum absolute atomic E-state index is 9.52. The summed E-state index contributed by atoms with van der Waals surface area (Å²) in [5.74, 6) is -0.836. The van der Waals surface area contributed by atoms with Gasteiger partial charge in [0.1, 0.15) is 0 Å². The van der Waals surface area contributed by atoms with Crippen LogP contribution in [-0.4, -0.2) is 54.9 Å². The Morgan fingerprint density at radius 3 is 2.08 bits per heavy atom. The third kappa shape index (κ3) is 24.6. The second-order valence-corrected chi connectivity index (χ2v) is 2.81. The van der Waals surface area contributed by atoms with Gasteiger partial charge in [0.2, 0.25) is 0 Å². The van der Waals surface area contributed by atoms with E-state index in [-0.39, 0.29) is 13.0 Å². The molecule has 0 aromatic carbocycles. The van der Waals surface area contributed by atoms with E-state index in [4.69, 9.17) is 15.9 Å². The van der Waals surface area contributed by atoms with Gasteiger partial charge < -0.3 is 20.8 Å². The minimum atomic E-state index is -0.836. The van der Waals surface area contributed by atoms with Gasteiger partial charge >= 0.3 is 5.97 Å². The van der Waals surface area contributed by atoms with Crippen LogP contribution in [0.1, 0.15) is 12.8 Å². The smallest absolute Gasteiger partial charge is 0.304 e. The van der Waals surface area contributed by atoms with E-state index in [2.05, 4.69) is 4.90 Å². The lowest BCUT2D eigenvalue weighted by Crippen LogP contribution is -2.13. The van der Waals surface area contributed by atoms with Crippen molar-refractivity contribution in [2.75, 3.05) is 33.8 Å². The lowest BCUT2D eigenvalue weighted by atomic mass is 10.4. The van der Waals surface area contributed by atoms with Crippen molar-refractivity contribution < 1.29 is 15.0 Å². The number of carboxylic acids is 1. The fraction of sp³-hybridized carbons (Fsp3) is 0.875. The Kier molecular flexibility index (Phi) is 13.0. The molecule has 0 aliphatic heterocycles. The first kappa shape index (κ1) is 14.9. The van der Waals surface area contributed by atoms with Gasteiger partial charge in [-0.05, 0) is 27.1 Å². The molecule has 0 heterocycles. The summed E-state index contributed by atoms with van der Waals surface area (Å²) in [5, 5.41) is 16.1. The highest BCUT2D eigenvalue weighted by Crippen LogP contribution is 1.77. The summed E-state index contributed by atoms with van der Waals surface area (Å²) < 4.78 is 0. The molecule has 13 heavy (non-hydrogen) atoms. The van der Waals surface area contributed by atoms with Gasteiger partial charge in [-0.3, -0.25) is 4.79 Å². The lowest BCUT2D eigenvalue weighted by molar-refractivity contribution is -0.136. The van der Waals surface area contributed by atoms with Crippen molar-refractivity contribution in [1.82, 2.24) is 4.90 Å². The molecule has 0 saturated heterocycles. The van der Waals surface area contributed by atoms with Gasteiger partial charge in [-0.1, -0.05) is 0 Å². The first-order chi connectivity index (χ1) is 6.04. The number of aliphatic carboxylic acids is 1. The third-order valence-corrected chi connectivity index (χ3v) is 1.12. The highest BCUT2D eigenvalue weighted by atomic mass is 16.4. The molecule has 80 valence electrons. The summed E-state index contributed by atoms with van der Waals surface area (Å²) in [5.41, 5.74) is 4.85. The van der Waals surface area contributed by atoms with E-state index >= 15 is 0 Å². The van der Waals surface area contributed by atoms with Crippen LogP contribution in [0.15, 0.2) is 0 Å². The second kappa shape index (κ2) is 11.4. The van der Waals surface area contributed by atoms with Crippen LogP contribution in [0.25, 0.3) is 0 Å². The van der Waals surface area contributed by atoms with Crippen LogP contribution in [0.2, 0.25) is 0 Å². The van der Waals surface area contributed by atoms with E-state index in [1.54, 1.807) is 0 Å². The van der Waals surface area contributed by atoms with Crippen LogP contribution < -0.4 is 5.73 Å². The molecule has 0 atom stereocenters. The molecule has 0 aromatic rings. The zero-order valence-corrected chi connectivity index (χ0v) is 8.36. The zero-order valence-electron chi connectivity index (χ0n) is 8.36. The Balaban J connectivity index is 0. The minimum absolute atomic E-state index is 0.0694. The molecule has 0 unspecified atom stereocenters. The van der Waals surface area contributed by atoms with Gasteiger partial charge in [0.15, 0.2) is 0 Å². The molecular weight excluding hydrogens is 172 g/mol. The summed E-state index contributed by atoms with van der Waals surface area (Å²) in [7, 11) is 3.99. The number of nitrogens with zero attached hydrogens (tertiary/aromatic N) is 1. The maximum Gasteiger partial charge on any atom is 0.304 e. The highest BCUT2D eigenvalue weighted by Gasteiger charge is 1.87. The Hall–Kier alpha value is -0.650. The molecule has 0 fully saturated rings. The average Bonchev–Trinajstić information content (AvgIpc) is 2.01. The number of rotatable bonds is 5. The van der Waals surface area contributed by atoms with Crippen molar-refractivity contribution in [1.29, 1.82) is 0 Å². The molecule has 5 nitrogen and oxygen atoms in total. The Bertz CT molecular complexity index is 118. The van der Waals surface area contributed by atoms with Gasteiger partial charge in [0.25, 0.3) is 0 Å². The first-order valence-corrected chi connectivity index (χ1v) is 4.22. The van der Waals surface area contributed by atoms with Gasteiger partial charge in [-0.2, -0.15) is 0 Å². The molecule has 0 aromatic heterocycles. The van der Waals surface area contributed by atoms with Crippen LogP contribution in [-0.2, 0) is 4.79 Å². The minimum Gasteiger partial charge on any atom is -0.481 e. The van der Waals surface area contributed by atoms with Crippen molar-refractivity contribution in [2.24, 2.45) is 5.73 Å². The number of aliphatic hydroxyl groups excluding tert-OH is 1. The van der Waals surface area contributed by atoms with Gasteiger partial charge in [0, 0.05) is 13.2 Å². The third-order valence-electron chi connectivity index (χ3n) is 1.12. The lowest BCUT2D eigenvalue weighted by Gasteiger charge is -2.05. The van der Waals surface area contributed by atoms with Crippen molar-refractivity contribution in [3.8, 4) is 0 Å². The van der Waals surface area contributed by atoms with E-state index in [0.29, 0.717) is 6.61 Å². The van der Waals surface area contributed by atoms with Gasteiger partial charge in [-0.25, -0.2) is 0 Å². The molecule has 0 aliphatic carbocycles. The molecule has 0 radical (unpaired) electrons. The highest BCUT2D eigenvalue weighted by molar-refractivity contribution is 5.66. The SMILES string of the molecule is CN(C)CCCO.NCCC(=O)O. The largest absolute Gasteiger partial charge is 0.481 e. The van der Waals surface area contributed by atoms with Crippen LogP contribution in [0.4, 0.5) is 0 Å². The standard InChI is InChI=1S/C5H13NO.C3H7NO2/c1-6(2)4-3-5-7;4-2-1-3(5)6/h7H,3-5H2,1-2H3;1-2,4H2,(H,5,6). The van der Waals surface area contributed by atoms with E-state index in [0.717, 1.165) is 13.0 Å². The number of hydrogen-bond donors (Lipinski definition) is 3. The van der Waals surface area contributed by atoms with Gasteiger partial charge in [-0.15, -0.1) is 0 Å².